The molecule has 0 aliphatic heterocycles. The molecule has 0 atom stereocenters. The second kappa shape index (κ2) is 8.94. The summed E-state index contributed by atoms with van der Waals surface area (Å²) in [5.74, 6) is 1.52. The number of rotatable bonds is 9. The minimum Gasteiger partial charge on any atom is -0.492 e. The van der Waals surface area contributed by atoms with Gasteiger partial charge in [0.25, 0.3) is 0 Å². The molecule has 0 radical (unpaired) electrons. The van der Waals surface area contributed by atoms with Crippen LogP contribution in [0.25, 0.3) is 0 Å². The summed E-state index contributed by atoms with van der Waals surface area (Å²) in [6, 6.07) is 8.38. The van der Waals surface area contributed by atoms with Crippen LogP contribution in [0.1, 0.15) is 31.7 Å². The van der Waals surface area contributed by atoms with E-state index >= 15 is 0 Å². The van der Waals surface area contributed by atoms with Crippen molar-refractivity contribution in [1.82, 2.24) is 10.2 Å². The Morgan fingerprint density at radius 2 is 2.00 bits per heavy atom. The molecule has 0 bridgehead atoms. The quantitative estimate of drug-likeness (QED) is 0.694. The maximum Gasteiger partial charge on any atom is 0.119 e. The maximum atomic E-state index is 5.75. The number of hydrogen-bond donors (Lipinski definition) is 1. The molecule has 3 heteroatoms. The van der Waals surface area contributed by atoms with Crippen molar-refractivity contribution in [3.63, 3.8) is 0 Å². The Morgan fingerprint density at radius 1 is 1.21 bits per heavy atom. The first-order valence-corrected chi connectivity index (χ1v) is 7.18. The van der Waals surface area contributed by atoms with Crippen LogP contribution < -0.4 is 10.1 Å². The van der Waals surface area contributed by atoms with Gasteiger partial charge in [0.2, 0.25) is 0 Å². The predicted octanol–water partition coefficient (Wildman–Crippen LogP) is 2.73. The molecule has 0 saturated heterocycles. The smallest absolute Gasteiger partial charge is 0.119 e. The molecular formula is C16H28N2O. The average molecular weight is 264 g/mol. The Labute approximate surface area is 118 Å². The minimum atomic E-state index is 0.549. The summed E-state index contributed by atoms with van der Waals surface area (Å²) in [5, 5.41) is 3.40. The van der Waals surface area contributed by atoms with Crippen LogP contribution in [0.4, 0.5) is 0 Å². The van der Waals surface area contributed by atoms with E-state index < -0.39 is 0 Å². The highest BCUT2D eigenvalue weighted by Gasteiger charge is 2.00. The summed E-state index contributed by atoms with van der Waals surface area (Å²) in [5.41, 5.74) is 1.33. The summed E-state index contributed by atoms with van der Waals surface area (Å²) < 4.78 is 5.75. The van der Waals surface area contributed by atoms with Gasteiger partial charge in [0, 0.05) is 6.54 Å². The van der Waals surface area contributed by atoms with E-state index in [0.29, 0.717) is 5.92 Å². The summed E-state index contributed by atoms with van der Waals surface area (Å²) in [6.07, 6.45) is 1.18. The van der Waals surface area contributed by atoms with Crippen LogP contribution in [-0.2, 0) is 0 Å². The molecule has 0 saturated carbocycles. The topological polar surface area (TPSA) is 24.5 Å². The zero-order valence-corrected chi connectivity index (χ0v) is 12.8. The zero-order chi connectivity index (χ0) is 14.1. The van der Waals surface area contributed by atoms with Gasteiger partial charge in [0.05, 0.1) is 0 Å². The molecule has 0 aliphatic rings. The van der Waals surface area contributed by atoms with Gasteiger partial charge >= 0.3 is 0 Å². The van der Waals surface area contributed by atoms with Gasteiger partial charge < -0.3 is 15.0 Å². The molecule has 0 unspecified atom stereocenters. The monoisotopic (exact) mass is 264 g/mol. The van der Waals surface area contributed by atoms with E-state index in [4.69, 9.17) is 4.74 Å². The number of benzene rings is 1. The largest absolute Gasteiger partial charge is 0.492 e. The van der Waals surface area contributed by atoms with Crippen LogP contribution in [0.15, 0.2) is 24.3 Å². The number of ether oxygens (including phenoxy) is 1. The van der Waals surface area contributed by atoms with Gasteiger partial charge in [-0.05, 0) is 57.2 Å². The molecule has 19 heavy (non-hydrogen) atoms. The third-order valence-electron chi connectivity index (χ3n) is 3.03. The molecule has 0 amide bonds. The number of nitrogens with one attached hydrogen (secondary N) is 1. The minimum absolute atomic E-state index is 0.549. The highest BCUT2D eigenvalue weighted by Crippen LogP contribution is 2.19. The first-order chi connectivity index (χ1) is 9.09. The Bertz CT molecular complexity index is 350. The summed E-state index contributed by atoms with van der Waals surface area (Å²) >= 11 is 0. The summed E-state index contributed by atoms with van der Waals surface area (Å²) in [6.45, 7) is 8.21. The fourth-order valence-corrected chi connectivity index (χ4v) is 1.85. The second-order valence-electron chi connectivity index (χ2n) is 5.48. The number of hydrogen-bond acceptors (Lipinski definition) is 3. The summed E-state index contributed by atoms with van der Waals surface area (Å²) in [7, 11) is 4.20. The maximum absolute atomic E-state index is 5.75. The fourth-order valence-electron chi connectivity index (χ4n) is 1.85. The lowest BCUT2D eigenvalue weighted by molar-refractivity contribution is 0.311. The van der Waals surface area contributed by atoms with Crippen LogP contribution in [0.2, 0.25) is 0 Å². The third-order valence-corrected chi connectivity index (χ3v) is 3.03. The Hall–Kier alpha value is -1.06. The molecule has 1 aromatic carbocycles. The van der Waals surface area contributed by atoms with E-state index in [0.717, 1.165) is 32.0 Å². The van der Waals surface area contributed by atoms with Crippen molar-refractivity contribution in [3.8, 4) is 5.75 Å². The molecular weight excluding hydrogens is 236 g/mol. The van der Waals surface area contributed by atoms with Crippen LogP contribution in [0, 0.1) is 0 Å². The fraction of sp³-hybridized carbons (Fsp3) is 0.625. The van der Waals surface area contributed by atoms with Crippen molar-refractivity contribution < 1.29 is 4.74 Å². The zero-order valence-electron chi connectivity index (χ0n) is 12.8. The van der Waals surface area contributed by atoms with Gasteiger partial charge in [-0.1, -0.05) is 26.0 Å². The molecule has 3 nitrogen and oxygen atoms in total. The van der Waals surface area contributed by atoms with Crippen molar-refractivity contribution in [3.05, 3.63) is 29.8 Å². The van der Waals surface area contributed by atoms with Crippen LogP contribution in [0.5, 0.6) is 5.75 Å². The standard InChI is InChI=1S/C16H28N2O/c1-14(2)15-7-5-8-16(13-15)19-12-10-17-9-6-11-18(3)4/h5,7-8,13-14,17H,6,9-12H2,1-4H3. The van der Waals surface area contributed by atoms with E-state index in [-0.39, 0.29) is 0 Å². The van der Waals surface area contributed by atoms with Crippen molar-refractivity contribution in [2.75, 3.05) is 40.3 Å². The Morgan fingerprint density at radius 3 is 2.68 bits per heavy atom. The Balaban J connectivity index is 2.14. The lowest BCUT2D eigenvalue weighted by Crippen LogP contribution is -2.25. The first-order valence-electron chi connectivity index (χ1n) is 7.18. The Kier molecular flexibility index (Phi) is 7.53. The van der Waals surface area contributed by atoms with Crippen LogP contribution >= 0.6 is 0 Å². The van der Waals surface area contributed by atoms with Crippen LogP contribution in [-0.4, -0.2) is 45.2 Å². The predicted molar refractivity (Wildman–Crippen MR) is 82.1 cm³/mol. The lowest BCUT2D eigenvalue weighted by Gasteiger charge is -2.11. The first kappa shape index (κ1) is 16.0. The van der Waals surface area contributed by atoms with Crippen molar-refractivity contribution >= 4 is 0 Å². The average Bonchev–Trinajstić information content (AvgIpc) is 2.37. The third kappa shape index (κ3) is 7.19. The van der Waals surface area contributed by atoms with Gasteiger partial charge in [-0.15, -0.1) is 0 Å². The van der Waals surface area contributed by atoms with Gasteiger partial charge in [-0.3, -0.25) is 0 Å². The van der Waals surface area contributed by atoms with E-state index in [1.165, 1.54) is 12.0 Å². The van der Waals surface area contributed by atoms with Gasteiger partial charge in [-0.2, -0.15) is 0 Å². The normalized spacial score (nSPS) is 11.3. The molecule has 1 N–H and O–H groups in total. The molecule has 1 aromatic rings. The van der Waals surface area contributed by atoms with Crippen molar-refractivity contribution in [1.29, 1.82) is 0 Å². The SMILES string of the molecule is CC(C)c1cccc(OCCNCCCN(C)C)c1. The second-order valence-corrected chi connectivity index (χ2v) is 5.48. The van der Waals surface area contributed by atoms with Crippen molar-refractivity contribution in [2.45, 2.75) is 26.2 Å². The molecule has 0 fully saturated rings. The molecule has 0 spiro atoms. The molecule has 0 aliphatic carbocycles. The lowest BCUT2D eigenvalue weighted by atomic mass is 10.0. The van der Waals surface area contributed by atoms with Gasteiger partial charge in [-0.25, -0.2) is 0 Å². The van der Waals surface area contributed by atoms with E-state index in [1.54, 1.807) is 0 Å². The highest BCUT2D eigenvalue weighted by atomic mass is 16.5. The van der Waals surface area contributed by atoms with Gasteiger partial charge in [0.15, 0.2) is 0 Å². The molecule has 108 valence electrons. The summed E-state index contributed by atoms with van der Waals surface area (Å²) in [4.78, 5) is 2.20. The van der Waals surface area contributed by atoms with E-state index in [9.17, 15) is 0 Å². The van der Waals surface area contributed by atoms with Crippen molar-refractivity contribution in [2.24, 2.45) is 0 Å². The van der Waals surface area contributed by atoms with E-state index in [1.807, 2.05) is 6.07 Å². The van der Waals surface area contributed by atoms with Crippen LogP contribution in [0.3, 0.4) is 0 Å². The molecule has 1 rings (SSSR count). The molecule has 0 heterocycles. The van der Waals surface area contributed by atoms with E-state index in [2.05, 4.69) is 56.4 Å². The number of nitrogens with zero attached hydrogens (tertiary/aromatic N) is 1. The highest BCUT2D eigenvalue weighted by molar-refractivity contribution is 5.30. The van der Waals surface area contributed by atoms with Gasteiger partial charge in [0.1, 0.15) is 12.4 Å². The molecule has 0 aromatic heterocycles.